The van der Waals surface area contributed by atoms with Gasteiger partial charge in [0.1, 0.15) is 0 Å². The number of rotatable bonds is 1. The van der Waals surface area contributed by atoms with Gasteiger partial charge in [0.25, 0.3) is 0 Å². The highest BCUT2D eigenvalue weighted by Gasteiger charge is 2.06. The molecular formula is C12H12N2. The lowest BCUT2D eigenvalue weighted by Gasteiger charge is -1.97. The molecule has 0 bridgehead atoms. The summed E-state index contributed by atoms with van der Waals surface area (Å²) in [5.74, 6) is 0. The third kappa shape index (κ3) is 0.854. The van der Waals surface area contributed by atoms with E-state index in [1.54, 1.807) is 0 Å². The summed E-state index contributed by atoms with van der Waals surface area (Å²) in [7, 11) is 0. The molecule has 2 heteroatoms. The Morgan fingerprint density at radius 1 is 1.36 bits per heavy atom. The van der Waals surface area contributed by atoms with Gasteiger partial charge in [-0.15, -0.1) is 0 Å². The lowest BCUT2D eigenvalue weighted by molar-refractivity contribution is 1.06. The van der Waals surface area contributed by atoms with Crippen LogP contribution in [0.2, 0.25) is 0 Å². The fourth-order valence-corrected chi connectivity index (χ4v) is 2.08. The summed E-state index contributed by atoms with van der Waals surface area (Å²) < 4.78 is 2.24. The molecule has 2 nitrogen and oxygen atoms in total. The summed E-state index contributed by atoms with van der Waals surface area (Å²) >= 11 is 0. The number of aromatic amines is 1. The topological polar surface area (TPSA) is 20.2 Å². The molecule has 0 saturated carbocycles. The summed E-state index contributed by atoms with van der Waals surface area (Å²) in [4.78, 5) is 3.31. The predicted molar refractivity (Wildman–Crippen MR) is 58.6 cm³/mol. The van der Waals surface area contributed by atoms with Gasteiger partial charge in [-0.1, -0.05) is 13.0 Å². The van der Waals surface area contributed by atoms with Crippen LogP contribution in [-0.2, 0) is 6.42 Å². The monoisotopic (exact) mass is 184 g/mol. The number of H-pyrrole nitrogens is 1. The Morgan fingerprint density at radius 3 is 3.14 bits per heavy atom. The van der Waals surface area contributed by atoms with Gasteiger partial charge in [0.2, 0.25) is 0 Å². The van der Waals surface area contributed by atoms with Crippen molar-refractivity contribution >= 4 is 16.4 Å². The molecule has 0 aliphatic rings. The number of nitrogens with zero attached hydrogens (tertiary/aromatic N) is 1. The van der Waals surface area contributed by atoms with Crippen LogP contribution in [0, 0.1) is 0 Å². The molecule has 70 valence electrons. The van der Waals surface area contributed by atoms with E-state index in [2.05, 4.69) is 53.0 Å². The maximum absolute atomic E-state index is 3.31. The minimum absolute atomic E-state index is 1.05. The zero-order valence-electron chi connectivity index (χ0n) is 8.12. The van der Waals surface area contributed by atoms with Crippen molar-refractivity contribution in [2.75, 3.05) is 0 Å². The third-order valence-corrected chi connectivity index (χ3v) is 2.75. The van der Waals surface area contributed by atoms with Crippen LogP contribution in [0.25, 0.3) is 16.4 Å². The van der Waals surface area contributed by atoms with Crippen LogP contribution in [-0.4, -0.2) is 9.38 Å². The number of hydrogen-bond acceptors (Lipinski definition) is 0. The highest BCUT2D eigenvalue weighted by atomic mass is 14.9. The molecule has 3 aromatic rings. The van der Waals surface area contributed by atoms with Gasteiger partial charge in [-0.05, 0) is 24.6 Å². The van der Waals surface area contributed by atoms with Crippen LogP contribution in [0.3, 0.4) is 0 Å². The summed E-state index contributed by atoms with van der Waals surface area (Å²) in [5.41, 5.74) is 3.90. The van der Waals surface area contributed by atoms with Gasteiger partial charge in [0.05, 0.1) is 5.52 Å². The van der Waals surface area contributed by atoms with Crippen LogP contribution in [0.15, 0.2) is 36.7 Å². The van der Waals surface area contributed by atoms with E-state index in [-0.39, 0.29) is 0 Å². The van der Waals surface area contributed by atoms with E-state index in [0.717, 1.165) is 6.42 Å². The fourth-order valence-electron chi connectivity index (χ4n) is 2.08. The van der Waals surface area contributed by atoms with E-state index in [9.17, 15) is 0 Å². The number of nitrogens with one attached hydrogen (secondary N) is 1. The second-order valence-electron chi connectivity index (χ2n) is 3.56. The summed E-state index contributed by atoms with van der Waals surface area (Å²) in [6.45, 7) is 2.17. The van der Waals surface area contributed by atoms with Crippen molar-refractivity contribution in [1.82, 2.24) is 9.38 Å². The molecule has 3 rings (SSSR count). The predicted octanol–water partition coefficient (Wildman–Crippen LogP) is 2.98. The van der Waals surface area contributed by atoms with Gasteiger partial charge in [0.15, 0.2) is 0 Å². The van der Waals surface area contributed by atoms with Crippen LogP contribution in [0.1, 0.15) is 12.6 Å². The molecule has 0 fully saturated rings. The van der Waals surface area contributed by atoms with E-state index in [1.807, 2.05) is 0 Å². The van der Waals surface area contributed by atoms with Crippen molar-refractivity contribution in [3.63, 3.8) is 0 Å². The summed E-state index contributed by atoms with van der Waals surface area (Å²) in [5, 5.41) is 1.30. The maximum atomic E-state index is 3.31. The lowest BCUT2D eigenvalue weighted by atomic mass is 10.3. The fraction of sp³-hybridized carbons (Fsp3) is 0.167. The summed E-state index contributed by atoms with van der Waals surface area (Å²) in [6, 6.07) is 8.49. The minimum atomic E-state index is 1.05. The molecule has 0 aliphatic carbocycles. The highest BCUT2D eigenvalue weighted by molar-refractivity contribution is 5.89. The second kappa shape index (κ2) is 2.64. The molecule has 0 saturated heterocycles. The first-order chi connectivity index (χ1) is 6.90. The molecular weight excluding hydrogens is 172 g/mol. The molecule has 0 unspecified atom stereocenters. The van der Waals surface area contributed by atoms with Gasteiger partial charge in [0, 0.05) is 29.0 Å². The molecule has 3 aromatic heterocycles. The van der Waals surface area contributed by atoms with Crippen LogP contribution in [0.5, 0.6) is 0 Å². The molecule has 1 N–H and O–H groups in total. The van der Waals surface area contributed by atoms with Crippen LogP contribution in [0.4, 0.5) is 0 Å². The smallest absolute Gasteiger partial charge is 0.0736 e. The zero-order chi connectivity index (χ0) is 9.54. The average Bonchev–Trinajstić information content (AvgIpc) is 2.75. The van der Waals surface area contributed by atoms with Crippen LogP contribution >= 0.6 is 0 Å². The van der Waals surface area contributed by atoms with E-state index in [1.165, 1.54) is 22.1 Å². The molecule has 14 heavy (non-hydrogen) atoms. The van der Waals surface area contributed by atoms with E-state index in [0.29, 0.717) is 0 Å². The maximum Gasteiger partial charge on any atom is 0.0736 e. The van der Waals surface area contributed by atoms with Crippen molar-refractivity contribution in [2.45, 2.75) is 13.3 Å². The second-order valence-corrected chi connectivity index (χ2v) is 3.56. The van der Waals surface area contributed by atoms with Crippen molar-refractivity contribution < 1.29 is 0 Å². The molecule has 0 amide bonds. The molecule has 0 atom stereocenters. The highest BCUT2D eigenvalue weighted by Crippen LogP contribution is 2.23. The normalized spacial score (nSPS) is 11.5. The Kier molecular flexibility index (Phi) is 1.45. The minimum Gasteiger partial charge on any atom is -0.363 e. The molecule has 0 spiro atoms. The Hall–Kier alpha value is -1.70. The van der Waals surface area contributed by atoms with Gasteiger partial charge in [-0.25, -0.2) is 0 Å². The van der Waals surface area contributed by atoms with E-state index in [4.69, 9.17) is 0 Å². The van der Waals surface area contributed by atoms with E-state index >= 15 is 0 Å². The zero-order valence-corrected chi connectivity index (χ0v) is 8.12. The quantitative estimate of drug-likeness (QED) is 0.600. The third-order valence-electron chi connectivity index (χ3n) is 2.75. The lowest BCUT2D eigenvalue weighted by Crippen LogP contribution is -1.86. The number of aromatic nitrogens is 2. The molecule has 0 aromatic carbocycles. The summed E-state index contributed by atoms with van der Waals surface area (Å²) in [6.07, 6.45) is 5.25. The Labute approximate surface area is 82.2 Å². The van der Waals surface area contributed by atoms with Gasteiger partial charge >= 0.3 is 0 Å². The molecule has 0 radical (unpaired) electrons. The van der Waals surface area contributed by atoms with Gasteiger partial charge in [-0.2, -0.15) is 0 Å². The van der Waals surface area contributed by atoms with Crippen molar-refractivity contribution in [3.05, 3.63) is 42.4 Å². The van der Waals surface area contributed by atoms with Crippen LogP contribution < -0.4 is 0 Å². The Bertz CT molecular complexity index is 586. The molecule has 3 heterocycles. The Balaban J connectivity index is 2.54. The number of fused-ring (bicyclic) bond motifs is 3. The Morgan fingerprint density at radius 2 is 2.29 bits per heavy atom. The van der Waals surface area contributed by atoms with E-state index < -0.39 is 0 Å². The number of hydrogen-bond donors (Lipinski definition) is 1. The first kappa shape index (κ1) is 7.68. The first-order valence-electron chi connectivity index (χ1n) is 4.96. The van der Waals surface area contributed by atoms with Gasteiger partial charge in [-0.3, -0.25) is 0 Å². The van der Waals surface area contributed by atoms with Gasteiger partial charge < -0.3 is 9.38 Å². The van der Waals surface area contributed by atoms with Crippen molar-refractivity contribution in [2.24, 2.45) is 0 Å². The standard InChI is InChI=1S/C12H12N2/c1-2-11-12-9(8-13-11)7-10-5-3-4-6-14(10)12/h3-8,13H,2H2,1H3. The largest absolute Gasteiger partial charge is 0.363 e. The SMILES string of the molecule is CCc1[nH]cc2cc3ccccn3c12. The first-order valence-corrected chi connectivity index (χ1v) is 4.96. The van der Waals surface area contributed by atoms with Crippen molar-refractivity contribution in [1.29, 1.82) is 0 Å². The van der Waals surface area contributed by atoms with Crippen molar-refractivity contribution in [3.8, 4) is 0 Å². The average molecular weight is 184 g/mol. The number of pyridine rings is 1. The molecule has 0 aliphatic heterocycles. The number of aryl methyl sites for hydroxylation is 1.